The van der Waals surface area contributed by atoms with Gasteiger partial charge in [-0.2, -0.15) is 12.6 Å². The van der Waals surface area contributed by atoms with Crippen LogP contribution in [0.3, 0.4) is 0 Å². The van der Waals surface area contributed by atoms with Gasteiger partial charge in [0.15, 0.2) is 0 Å². The highest BCUT2D eigenvalue weighted by molar-refractivity contribution is 7.80. The Balaban J connectivity index is 3.72. The van der Waals surface area contributed by atoms with Gasteiger partial charge in [0.2, 0.25) is 0 Å². The molecule has 0 radical (unpaired) electrons. The molecule has 0 amide bonds. The van der Waals surface area contributed by atoms with Crippen molar-refractivity contribution < 1.29 is 9.90 Å². The van der Waals surface area contributed by atoms with Crippen molar-refractivity contribution in [3.8, 4) is 0 Å². The molecule has 0 heterocycles. The first-order valence-corrected chi connectivity index (χ1v) is 3.56. The summed E-state index contributed by atoms with van der Waals surface area (Å²) in [6.45, 7) is 1.68. The second-order valence-corrected chi connectivity index (χ2v) is 2.39. The van der Waals surface area contributed by atoms with Gasteiger partial charge in [0.25, 0.3) is 0 Å². The Morgan fingerprint density at radius 3 is 2.50 bits per heavy atom. The SMILES string of the molecule is CC(N)NC(CS)C(=O)O. The molecule has 0 saturated heterocycles. The standard InChI is InChI=1S/C5H12N2O2S/c1-3(6)7-4(2-10)5(8)9/h3-4,7,10H,2,6H2,1H3,(H,8,9). The van der Waals surface area contributed by atoms with Gasteiger partial charge >= 0.3 is 5.97 Å². The Morgan fingerprint density at radius 1 is 1.90 bits per heavy atom. The maximum absolute atomic E-state index is 10.3. The minimum atomic E-state index is -0.924. The highest BCUT2D eigenvalue weighted by atomic mass is 32.1. The van der Waals surface area contributed by atoms with E-state index in [0.29, 0.717) is 0 Å². The summed E-state index contributed by atoms with van der Waals surface area (Å²) < 4.78 is 0. The second-order valence-electron chi connectivity index (χ2n) is 2.03. The summed E-state index contributed by atoms with van der Waals surface area (Å²) >= 11 is 3.83. The summed E-state index contributed by atoms with van der Waals surface area (Å²) in [5.41, 5.74) is 5.30. The summed E-state index contributed by atoms with van der Waals surface area (Å²) in [6, 6.07) is -0.650. The van der Waals surface area contributed by atoms with Crippen LogP contribution in [-0.4, -0.2) is 29.0 Å². The third-order valence-corrected chi connectivity index (χ3v) is 1.31. The van der Waals surface area contributed by atoms with Crippen molar-refractivity contribution in [1.29, 1.82) is 0 Å². The van der Waals surface area contributed by atoms with Crippen LogP contribution in [0, 0.1) is 0 Å². The molecule has 4 N–H and O–H groups in total. The molecule has 0 spiro atoms. The van der Waals surface area contributed by atoms with Crippen molar-refractivity contribution in [3.05, 3.63) is 0 Å². The number of thiol groups is 1. The van der Waals surface area contributed by atoms with E-state index in [4.69, 9.17) is 10.8 Å². The highest BCUT2D eigenvalue weighted by Gasteiger charge is 2.15. The average molecular weight is 164 g/mol. The summed E-state index contributed by atoms with van der Waals surface area (Å²) in [6.07, 6.45) is -0.312. The average Bonchev–Trinajstić information content (AvgIpc) is 1.81. The van der Waals surface area contributed by atoms with Gasteiger partial charge in [-0.1, -0.05) is 0 Å². The molecule has 0 bridgehead atoms. The minimum absolute atomic E-state index is 0.247. The highest BCUT2D eigenvalue weighted by Crippen LogP contribution is 1.88. The van der Waals surface area contributed by atoms with Gasteiger partial charge in [-0.15, -0.1) is 0 Å². The molecule has 0 aromatic rings. The van der Waals surface area contributed by atoms with Crippen molar-refractivity contribution >= 4 is 18.6 Å². The van der Waals surface area contributed by atoms with E-state index in [-0.39, 0.29) is 11.9 Å². The smallest absolute Gasteiger partial charge is 0.321 e. The molecule has 5 heteroatoms. The molecule has 0 aliphatic rings. The number of carboxylic acid groups (broad SMARTS) is 1. The zero-order valence-electron chi connectivity index (χ0n) is 5.74. The molecule has 60 valence electrons. The molecule has 0 aromatic heterocycles. The first-order chi connectivity index (χ1) is 4.57. The predicted octanol–water partition coefficient (Wildman–Crippen LogP) is -0.736. The zero-order valence-corrected chi connectivity index (χ0v) is 6.64. The fourth-order valence-corrected chi connectivity index (χ4v) is 0.781. The Kier molecular flexibility index (Phi) is 4.42. The van der Waals surface area contributed by atoms with Gasteiger partial charge in [0, 0.05) is 5.75 Å². The maximum Gasteiger partial charge on any atom is 0.321 e. The van der Waals surface area contributed by atoms with E-state index in [0.717, 1.165) is 0 Å². The number of rotatable bonds is 4. The topological polar surface area (TPSA) is 75.3 Å². The van der Waals surface area contributed by atoms with Crippen molar-refractivity contribution in [2.24, 2.45) is 5.73 Å². The van der Waals surface area contributed by atoms with Gasteiger partial charge in [-0.05, 0) is 6.92 Å². The molecule has 0 aliphatic carbocycles. The lowest BCUT2D eigenvalue weighted by Gasteiger charge is -2.13. The van der Waals surface area contributed by atoms with E-state index >= 15 is 0 Å². The fourth-order valence-electron chi connectivity index (χ4n) is 0.519. The number of nitrogens with two attached hydrogens (primary N) is 1. The molecule has 2 atom stereocenters. The molecule has 4 nitrogen and oxygen atoms in total. The Labute approximate surface area is 65.2 Å². The minimum Gasteiger partial charge on any atom is -0.480 e. The van der Waals surface area contributed by atoms with Crippen molar-refractivity contribution in [3.63, 3.8) is 0 Å². The Hall–Kier alpha value is -0.260. The van der Waals surface area contributed by atoms with Crippen LogP contribution in [0.5, 0.6) is 0 Å². The fraction of sp³-hybridized carbons (Fsp3) is 0.800. The van der Waals surface area contributed by atoms with Gasteiger partial charge in [0.05, 0.1) is 6.17 Å². The van der Waals surface area contributed by atoms with E-state index in [1.54, 1.807) is 6.92 Å². The van der Waals surface area contributed by atoms with Gasteiger partial charge in [-0.25, -0.2) is 0 Å². The third kappa shape index (κ3) is 3.71. The van der Waals surface area contributed by atoms with Crippen LogP contribution in [0.25, 0.3) is 0 Å². The summed E-state index contributed by atoms with van der Waals surface area (Å²) in [4.78, 5) is 10.3. The van der Waals surface area contributed by atoms with Crippen molar-refractivity contribution in [2.45, 2.75) is 19.1 Å². The van der Waals surface area contributed by atoms with Crippen LogP contribution < -0.4 is 11.1 Å². The van der Waals surface area contributed by atoms with Gasteiger partial charge in [-0.3, -0.25) is 10.1 Å². The summed E-state index contributed by atoms with van der Waals surface area (Å²) in [5, 5.41) is 11.1. The first kappa shape index (κ1) is 9.74. The van der Waals surface area contributed by atoms with E-state index in [1.165, 1.54) is 0 Å². The monoisotopic (exact) mass is 164 g/mol. The molecule has 10 heavy (non-hydrogen) atoms. The molecule has 2 unspecified atom stereocenters. The molecule has 0 aromatic carbocycles. The number of aliphatic carboxylic acids is 1. The number of nitrogens with one attached hydrogen (secondary N) is 1. The predicted molar refractivity (Wildman–Crippen MR) is 42.1 cm³/mol. The number of hydrogen-bond donors (Lipinski definition) is 4. The molecule has 0 saturated carbocycles. The van der Waals surface area contributed by atoms with E-state index in [2.05, 4.69) is 17.9 Å². The second kappa shape index (κ2) is 4.54. The van der Waals surface area contributed by atoms with E-state index < -0.39 is 12.0 Å². The van der Waals surface area contributed by atoms with Crippen molar-refractivity contribution in [2.75, 3.05) is 5.75 Å². The van der Waals surface area contributed by atoms with Crippen LogP contribution >= 0.6 is 12.6 Å². The first-order valence-electron chi connectivity index (χ1n) is 2.93. The lowest BCUT2D eigenvalue weighted by atomic mass is 10.3. The van der Waals surface area contributed by atoms with Crippen molar-refractivity contribution in [1.82, 2.24) is 5.32 Å². The molecule has 0 aliphatic heterocycles. The lowest BCUT2D eigenvalue weighted by molar-refractivity contribution is -0.139. The number of carboxylic acids is 1. The Morgan fingerprint density at radius 2 is 2.40 bits per heavy atom. The van der Waals surface area contributed by atoms with Gasteiger partial charge in [0.1, 0.15) is 6.04 Å². The van der Waals surface area contributed by atoms with E-state index in [1.807, 2.05) is 0 Å². The number of carbonyl (C=O) groups is 1. The van der Waals surface area contributed by atoms with Crippen LogP contribution in [0.2, 0.25) is 0 Å². The largest absolute Gasteiger partial charge is 0.480 e. The maximum atomic E-state index is 10.3. The molecular weight excluding hydrogens is 152 g/mol. The van der Waals surface area contributed by atoms with Crippen LogP contribution in [0.1, 0.15) is 6.92 Å². The van der Waals surface area contributed by atoms with Gasteiger partial charge < -0.3 is 10.8 Å². The van der Waals surface area contributed by atoms with Crippen LogP contribution in [-0.2, 0) is 4.79 Å². The summed E-state index contributed by atoms with van der Waals surface area (Å²) in [5.74, 6) is -0.677. The molecule has 0 rings (SSSR count). The normalized spacial score (nSPS) is 16.3. The van der Waals surface area contributed by atoms with Crippen LogP contribution in [0.4, 0.5) is 0 Å². The number of hydrogen-bond acceptors (Lipinski definition) is 4. The molecule has 0 fully saturated rings. The summed E-state index contributed by atoms with van der Waals surface area (Å²) in [7, 11) is 0. The quantitative estimate of drug-likeness (QED) is 0.326. The zero-order chi connectivity index (χ0) is 8.15. The Bertz CT molecular complexity index is 118. The lowest BCUT2D eigenvalue weighted by Crippen LogP contribution is -2.47. The molecular formula is C5H12N2O2S. The van der Waals surface area contributed by atoms with E-state index in [9.17, 15) is 4.79 Å². The third-order valence-electron chi connectivity index (χ3n) is 0.945. The van der Waals surface area contributed by atoms with Crippen LogP contribution in [0.15, 0.2) is 0 Å².